The van der Waals surface area contributed by atoms with Crippen LogP contribution in [-0.2, 0) is 4.74 Å². The van der Waals surface area contributed by atoms with E-state index in [0.717, 1.165) is 32.6 Å². The van der Waals surface area contributed by atoms with Crippen LogP contribution in [0.25, 0.3) is 0 Å². The molecule has 0 aromatic carbocycles. The fourth-order valence-corrected chi connectivity index (χ4v) is 1.74. The monoisotopic (exact) mass is 172 g/mol. The second kappa shape index (κ2) is 4.80. The zero-order valence-electron chi connectivity index (χ0n) is 8.12. The molecule has 2 atom stereocenters. The number of likely N-dealkylation sites (N-methyl/N-ethyl adjacent to an activating group) is 1. The summed E-state index contributed by atoms with van der Waals surface area (Å²) in [6, 6.07) is 0. The Morgan fingerprint density at radius 3 is 2.83 bits per heavy atom. The summed E-state index contributed by atoms with van der Waals surface area (Å²) in [7, 11) is 0. The van der Waals surface area contributed by atoms with Gasteiger partial charge in [0.15, 0.2) is 0 Å². The molecule has 0 amide bonds. The molecule has 0 aromatic rings. The molecule has 1 aliphatic rings. The molecule has 0 bridgehead atoms. The molecule has 1 rings (SSSR count). The van der Waals surface area contributed by atoms with Crippen molar-refractivity contribution in [3.63, 3.8) is 0 Å². The van der Waals surface area contributed by atoms with Gasteiger partial charge in [-0.3, -0.25) is 4.90 Å². The topological polar surface area (TPSA) is 38.5 Å². The van der Waals surface area contributed by atoms with Crippen LogP contribution in [0.15, 0.2) is 0 Å². The van der Waals surface area contributed by atoms with E-state index in [-0.39, 0.29) is 0 Å². The van der Waals surface area contributed by atoms with E-state index in [1.54, 1.807) is 0 Å². The van der Waals surface area contributed by atoms with Gasteiger partial charge in [0, 0.05) is 13.1 Å². The predicted molar refractivity (Wildman–Crippen MR) is 50.1 cm³/mol. The van der Waals surface area contributed by atoms with Crippen LogP contribution >= 0.6 is 0 Å². The number of hydrogen-bond acceptors (Lipinski definition) is 3. The fourth-order valence-electron chi connectivity index (χ4n) is 1.74. The number of nitrogens with two attached hydrogens (primary N) is 1. The Labute approximate surface area is 74.9 Å². The Kier molecular flexibility index (Phi) is 3.98. The van der Waals surface area contributed by atoms with Gasteiger partial charge in [0.1, 0.15) is 0 Å². The van der Waals surface area contributed by atoms with Crippen LogP contribution in [0.3, 0.4) is 0 Å². The van der Waals surface area contributed by atoms with E-state index in [1.807, 2.05) is 0 Å². The van der Waals surface area contributed by atoms with Crippen LogP contribution in [0.4, 0.5) is 0 Å². The molecule has 72 valence electrons. The molecule has 12 heavy (non-hydrogen) atoms. The highest BCUT2D eigenvalue weighted by molar-refractivity contribution is 4.74. The molecule has 0 saturated carbocycles. The lowest BCUT2D eigenvalue weighted by atomic mass is 10.1. The minimum atomic E-state index is 0.360. The highest BCUT2D eigenvalue weighted by Gasteiger charge is 2.23. The van der Waals surface area contributed by atoms with Crippen molar-refractivity contribution in [1.82, 2.24) is 4.90 Å². The molecule has 1 aliphatic heterocycles. The second-order valence-corrected chi connectivity index (χ2v) is 3.50. The van der Waals surface area contributed by atoms with Crippen molar-refractivity contribution in [2.24, 2.45) is 5.73 Å². The van der Waals surface area contributed by atoms with Gasteiger partial charge in [0.05, 0.1) is 12.2 Å². The lowest BCUT2D eigenvalue weighted by molar-refractivity contribution is -0.0770. The average Bonchev–Trinajstić information content (AvgIpc) is 2.04. The summed E-state index contributed by atoms with van der Waals surface area (Å²) in [5, 5.41) is 0. The molecular weight excluding hydrogens is 152 g/mol. The van der Waals surface area contributed by atoms with Crippen molar-refractivity contribution < 1.29 is 4.74 Å². The number of nitrogens with zero attached hydrogens (tertiary/aromatic N) is 1. The first-order valence-corrected chi connectivity index (χ1v) is 4.84. The summed E-state index contributed by atoms with van der Waals surface area (Å²) in [6.07, 6.45) is 1.72. The molecule has 2 unspecified atom stereocenters. The van der Waals surface area contributed by atoms with Gasteiger partial charge in [-0.1, -0.05) is 6.92 Å². The Bertz CT molecular complexity index is 130. The van der Waals surface area contributed by atoms with Crippen LogP contribution in [0, 0.1) is 0 Å². The third-order valence-electron chi connectivity index (χ3n) is 2.34. The summed E-state index contributed by atoms with van der Waals surface area (Å²) in [6.45, 7) is 8.29. The fraction of sp³-hybridized carbons (Fsp3) is 1.00. The van der Waals surface area contributed by atoms with Gasteiger partial charge in [-0.15, -0.1) is 0 Å². The Morgan fingerprint density at radius 1 is 1.50 bits per heavy atom. The lowest BCUT2D eigenvalue weighted by Crippen LogP contribution is -2.46. The molecular formula is C9H20N2O. The van der Waals surface area contributed by atoms with Gasteiger partial charge < -0.3 is 10.5 Å². The van der Waals surface area contributed by atoms with E-state index >= 15 is 0 Å². The maximum Gasteiger partial charge on any atom is 0.0718 e. The SMILES string of the molecule is CCN1CC(C)OC(CCN)C1. The summed E-state index contributed by atoms with van der Waals surface area (Å²) in [5.41, 5.74) is 5.49. The summed E-state index contributed by atoms with van der Waals surface area (Å²) >= 11 is 0. The molecule has 3 nitrogen and oxygen atoms in total. The van der Waals surface area contributed by atoms with Crippen LogP contribution in [-0.4, -0.2) is 43.3 Å². The predicted octanol–water partition coefficient (Wildman–Crippen LogP) is 0.444. The van der Waals surface area contributed by atoms with E-state index < -0.39 is 0 Å². The van der Waals surface area contributed by atoms with E-state index in [9.17, 15) is 0 Å². The first-order chi connectivity index (χ1) is 5.76. The van der Waals surface area contributed by atoms with Gasteiger partial charge >= 0.3 is 0 Å². The zero-order valence-corrected chi connectivity index (χ0v) is 8.12. The van der Waals surface area contributed by atoms with Crippen LogP contribution in [0.5, 0.6) is 0 Å². The normalized spacial score (nSPS) is 32.2. The summed E-state index contributed by atoms with van der Waals surface area (Å²) in [5.74, 6) is 0. The molecule has 1 heterocycles. The number of hydrogen-bond donors (Lipinski definition) is 1. The first-order valence-electron chi connectivity index (χ1n) is 4.84. The second-order valence-electron chi connectivity index (χ2n) is 3.50. The highest BCUT2D eigenvalue weighted by Crippen LogP contribution is 2.12. The number of ether oxygens (including phenoxy) is 1. The van der Waals surface area contributed by atoms with E-state index in [4.69, 9.17) is 10.5 Å². The third-order valence-corrected chi connectivity index (χ3v) is 2.34. The summed E-state index contributed by atoms with van der Waals surface area (Å²) in [4.78, 5) is 2.43. The highest BCUT2D eigenvalue weighted by atomic mass is 16.5. The van der Waals surface area contributed by atoms with Crippen molar-refractivity contribution in [1.29, 1.82) is 0 Å². The molecule has 1 saturated heterocycles. The molecule has 2 N–H and O–H groups in total. The van der Waals surface area contributed by atoms with Crippen molar-refractivity contribution in [3.05, 3.63) is 0 Å². The lowest BCUT2D eigenvalue weighted by Gasteiger charge is -2.36. The van der Waals surface area contributed by atoms with Gasteiger partial charge in [-0.2, -0.15) is 0 Å². The van der Waals surface area contributed by atoms with E-state index in [2.05, 4.69) is 18.7 Å². The van der Waals surface area contributed by atoms with Gasteiger partial charge in [0.25, 0.3) is 0 Å². The smallest absolute Gasteiger partial charge is 0.0718 e. The standard InChI is InChI=1S/C9H20N2O/c1-3-11-6-8(2)12-9(7-11)4-5-10/h8-9H,3-7,10H2,1-2H3. The van der Waals surface area contributed by atoms with Gasteiger partial charge in [-0.25, -0.2) is 0 Å². The van der Waals surface area contributed by atoms with Crippen LogP contribution < -0.4 is 5.73 Å². The Morgan fingerprint density at radius 2 is 2.25 bits per heavy atom. The first kappa shape index (κ1) is 9.96. The molecule has 0 aliphatic carbocycles. The van der Waals surface area contributed by atoms with Crippen molar-refractivity contribution >= 4 is 0 Å². The molecule has 0 spiro atoms. The van der Waals surface area contributed by atoms with Crippen LogP contribution in [0.1, 0.15) is 20.3 Å². The largest absolute Gasteiger partial charge is 0.373 e. The average molecular weight is 172 g/mol. The molecule has 3 heteroatoms. The number of rotatable bonds is 3. The van der Waals surface area contributed by atoms with Gasteiger partial charge in [0.2, 0.25) is 0 Å². The Hall–Kier alpha value is -0.120. The van der Waals surface area contributed by atoms with Gasteiger partial charge in [-0.05, 0) is 26.4 Å². The van der Waals surface area contributed by atoms with Crippen molar-refractivity contribution in [2.45, 2.75) is 32.5 Å². The number of morpholine rings is 1. The van der Waals surface area contributed by atoms with Crippen molar-refractivity contribution in [2.75, 3.05) is 26.2 Å². The Balaban J connectivity index is 2.34. The maximum atomic E-state index is 5.74. The van der Waals surface area contributed by atoms with Crippen LogP contribution in [0.2, 0.25) is 0 Å². The molecule has 0 radical (unpaired) electrons. The minimum Gasteiger partial charge on any atom is -0.373 e. The molecule has 0 aromatic heterocycles. The zero-order chi connectivity index (χ0) is 8.97. The summed E-state index contributed by atoms with van der Waals surface area (Å²) < 4.78 is 5.74. The molecule has 1 fully saturated rings. The van der Waals surface area contributed by atoms with Crippen molar-refractivity contribution in [3.8, 4) is 0 Å². The minimum absolute atomic E-state index is 0.360. The van der Waals surface area contributed by atoms with E-state index in [1.165, 1.54) is 0 Å². The maximum absolute atomic E-state index is 5.74. The third kappa shape index (κ3) is 2.73. The van der Waals surface area contributed by atoms with E-state index in [0.29, 0.717) is 12.2 Å². The quantitative estimate of drug-likeness (QED) is 0.671.